The molecule has 0 spiro atoms. The van der Waals surface area contributed by atoms with E-state index in [9.17, 15) is 0 Å². The summed E-state index contributed by atoms with van der Waals surface area (Å²) >= 11 is 0. The number of imidazole rings is 1. The van der Waals surface area contributed by atoms with Crippen molar-refractivity contribution in [2.24, 2.45) is 7.05 Å². The lowest BCUT2D eigenvalue weighted by Crippen LogP contribution is -1.92. The summed E-state index contributed by atoms with van der Waals surface area (Å²) in [6.45, 7) is 0. The number of aromatic amines is 1. The Labute approximate surface area is 207 Å². The summed E-state index contributed by atoms with van der Waals surface area (Å²) in [6.07, 6.45) is 0. The van der Waals surface area contributed by atoms with Gasteiger partial charge in [0, 0.05) is 50.9 Å². The van der Waals surface area contributed by atoms with Crippen molar-refractivity contribution in [3.05, 3.63) is 109 Å². The number of nitrogens with one attached hydrogen (secondary N) is 1. The monoisotopic (exact) mass is 462 g/mol. The number of benzene rings is 5. The summed E-state index contributed by atoms with van der Waals surface area (Å²) in [5, 5.41) is 5.05. The van der Waals surface area contributed by atoms with Gasteiger partial charge in [0.25, 0.3) is 0 Å². The molecular formula is C32H22N4. The minimum Gasteiger partial charge on any atom is -0.354 e. The van der Waals surface area contributed by atoms with Gasteiger partial charge in [-0.05, 0) is 48.5 Å². The minimum absolute atomic E-state index is 0.975. The maximum atomic E-state index is 4.92. The molecule has 0 aliphatic rings. The molecule has 8 aromatic rings. The van der Waals surface area contributed by atoms with Crippen LogP contribution in [0.25, 0.3) is 71.7 Å². The Bertz CT molecular complexity index is 2110. The quantitative estimate of drug-likeness (QED) is 0.278. The molecule has 0 aliphatic heterocycles. The number of rotatable bonds is 2. The summed E-state index contributed by atoms with van der Waals surface area (Å²) in [7, 11) is 2.09. The number of hydrogen-bond donors (Lipinski definition) is 1. The van der Waals surface area contributed by atoms with E-state index in [0.717, 1.165) is 33.5 Å². The summed E-state index contributed by atoms with van der Waals surface area (Å²) in [5.74, 6) is 0.975. The van der Waals surface area contributed by atoms with Crippen LogP contribution in [0.4, 0.5) is 0 Å². The standard InChI is InChI=1S/C32H22N4/c1-35-28-14-8-6-12-24(28)34-32(35)20-15-16-22-26(19-20)33-25-17-18-29-31(30(22)25)23-11-5-7-13-27(23)36(29)21-9-3-2-4-10-21/h2-19,33H,1H3. The smallest absolute Gasteiger partial charge is 0.140 e. The van der Waals surface area contributed by atoms with Crippen LogP contribution in [0.1, 0.15) is 0 Å². The van der Waals surface area contributed by atoms with Gasteiger partial charge < -0.3 is 14.1 Å². The number of aryl methyl sites for hydroxylation is 1. The van der Waals surface area contributed by atoms with Crippen LogP contribution in [0.3, 0.4) is 0 Å². The normalized spacial score (nSPS) is 12.0. The number of hydrogen-bond acceptors (Lipinski definition) is 1. The number of H-pyrrole nitrogens is 1. The van der Waals surface area contributed by atoms with Gasteiger partial charge in [-0.2, -0.15) is 0 Å². The molecule has 1 N–H and O–H groups in total. The predicted molar refractivity (Wildman–Crippen MR) is 150 cm³/mol. The van der Waals surface area contributed by atoms with E-state index < -0.39 is 0 Å². The SMILES string of the molecule is Cn1c(-c2ccc3c(c2)[nH]c2ccc4c(c5ccccc5n4-c4ccccc4)c23)nc2ccccc21. The van der Waals surface area contributed by atoms with E-state index in [0.29, 0.717) is 0 Å². The maximum absolute atomic E-state index is 4.92. The van der Waals surface area contributed by atoms with E-state index in [-0.39, 0.29) is 0 Å². The molecule has 8 rings (SSSR count). The zero-order valence-corrected chi connectivity index (χ0v) is 19.7. The molecule has 3 aromatic heterocycles. The summed E-state index contributed by atoms with van der Waals surface area (Å²) < 4.78 is 4.54. The number of fused-ring (bicyclic) bond motifs is 8. The van der Waals surface area contributed by atoms with Gasteiger partial charge in [-0.1, -0.05) is 60.7 Å². The maximum Gasteiger partial charge on any atom is 0.140 e. The second-order valence-electron chi connectivity index (χ2n) is 9.44. The molecule has 0 saturated heterocycles. The highest BCUT2D eigenvalue weighted by atomic mass is 15.1. The van der Waals surface area contributed by atoms with Crippen molar-refractivity contribution in [3.8, 4) is 17.1 Å². The van der Waals surface area contributed by atoms with Crippen molar-refractivity contribution in [2.75, 3.05) is 0 Å². The molecule has 5 aromatic carbocycles. The molecular weight excluding hydrogens is 440 g/mol. The molecule has 3 heterocycles. The van der Waals surface area contributed by atoms with Crippen LogP contribution in [0, 0.1) is 0 Å². The molecule has 4 nitrogen and oxygen atoms in total. The molecule has 0 amide bonds. The average molecular weight is 463 g/mol. The molecule has 0 fully saturated rings. The van der Waals surface area contributed by atoms with E-state index in [4.69, 9.17) is 4.98 Å². The summed E-state index contributed by atoms with van der Waals surface area (Å²) in [4.78, 5) is 8.62. The van der Waals surface area contributed by atoms with Crippen molar-refractivity contribution < 1.29 is 0 Å². The number of aromatic nitrogens is 4. The molecule has 0 aliphatic carbocycles. The van der Waals surface area contributed by atoms with Gasteiger partial charge in [-0.25, -0.2) is 4.98 Å². The molecule has 0 radical (unpaired) electrons. The van der Waals surface area contributed by atoms with E-state index in [2.05, 4.69) is 124 Å². The van der Waals surface area contributed by atoms with Gasteiger partial charge in [0.1, 0.15) is 5.82 Å². The van der Waals surface area contributed by atoms with Crippen molar-refractivity contribution in [2.45, 2.75) is 0 Å². The van der Waals surface area contributed by atoms with Crippen molar-refractivity contribution in [1.29, 1.82) is 0 Å². The van der Waals surface area contributed by atoms with Crippen LogP contribution in [-0.4, -0.2) is 19.1 Å². The van der Waals surface area contributed by atoms with Gasteiger partial charge in [0.05, 0.1) is 22.1 Å². The van der Waals surface area contributed by atoms with Crippen LogP contribution >= 0.6 is 0 Å². The Morgan fingerprint density at radius 2 is 1.39 bits per heavy atom. The van der Waals surface area contributed by atoms with Gasteiger partial charge in [0.2, 0.25) is 0 Å². The number of nitrogens with zero attached hydrogens (tertiary/aromatic N) is 3. The largest absolute Gasteiger partial charge is 0.354 e. The summed E-state index contributed by atoms with van der Waals surface area (Å²) in [6, 6.07) is 38.8. The van der Waals surface area contributed by atoms with Gasteiger partial charge >= 0.3 is 0 Å². The summed E-state index contributed by atoms with van der Waals surface area (Å²) in [5.41, 5.74) is 9.14. The predicted octanol–water partition coefficient (Wildman–Crippen LogP) is 7.97. The van der Waals surface area contributed by atoms with Gasteiger partial charge in [0.15, 0.2) is 0 Å². The molecule has 0 atom stereocenters. The molecule has 0 unspecified atom stereocenters. The van der Waals surface area contributed by atoms with Gasteiger partial charge in [-0.3, -0.25) is 0 Å². The zero-order chi connectivity index (χ0) is 23.8. The second kappa shape index (κ2) is 7.09. The first-order chi connectivity index (χ1) is 17.8. The third-order valence-corrected chi connectivity index (χ3v) is 7.46. The van der Waals surface area contributed by atoms with Crippen LogP contribution in [0.15, 0.2) is 109 Å². The lowest BCUT2D eigenvalue weighted by Gasteiger charge is -2.07. The third-order valence-electron chi connectivity index (χ3n) is 7.46. The van der Waals surface area contributed by atoms with Crippen LogP contribution in [-0.2, 0) is 7.05 Å². The molecule has 0 saturated carbocycles. The Morgan fingerprint density at radius 1 is 0.611 bits per heavy atom. The topological polar surface area (TPSA) is 38.5 Å². The van der Waals surface area contributed by atoms with E-state index in [1.807, 2.05) is 6.07 Å². The first-order valence-corrected chi connectivity index (χ1v) is 12.2. The Kier molecular flexibility index (Phi) is 3.84. The van der Waals surface area contributed by atoms with Crippen molar-refractivity contribution in [1.82, 2.24) is 19.1 Å². The van der Waals surface area contributed by atoms with Crippen LogP contribution in [0.2, 0.25) is 0 Å². The fraction of sp³-hybridized carbons (Fsp3) is 0.0312. The molecule has 4 heteroatoms. The molecule has 0 bridgehead atoms. The lowest BCUT2D eigenvalue weighted by atomic mass is 10.0. The Morgan fingerprint density at radius 3 is 2.25 bits per heavy atom. The first-order valence-electron chi connectivity index (χ1n) is 12.2. The van der Waals surface area contributed by atoms with E-state index in [1.165, 1.54) is 38.3 Å². The van der Waals surface area contributed by atoms with Crippen LogP contribution in [0.5, 0.6) is 0 Å². The van der Waals surface area contributed by atoms with Crippen LogP contribution < -0.4 is 0 Å². The third kappa shape index (κ3) is 2.56. The Balaban J connectivity index is 1.44. The highest BCUT2D eigenvalue weighted by Gasteiger charge is 2.18. The first kappa shape index (κ1) is 19.5. The highest BCUT2D eigenvalue weighted by molar-refractivity contribution is 6.28. The molecule has 170 valence electrons. The fourth-order valence-corrected chi connectivity index (χ4v) is 5.85. The van der Waals surface area contributed by atoms with E-state index in [1.54, 1.807) is 0 Å². The lowest BCUT2D eigenvalue weighted by molar-refractivity contribution is 0.960. The fourth-order valence-electron chi connectivity index (χ4n) is 5.85. The molecule has 36 heavy (non-hydrogen) atoms. The van der Waals surface area contributed by atoms with E-state index >= 15 is 0 Å². The second-order valence-corrected chi connectivity index (χ2v) is 9.44. The number of para-hydroxylation sites is 4. The van der Waals surface area contributed by atoms with Crippen molar-refractivity contribution >= 4 is 54.6 Å². The zero-order valence-electron chi connectivity index (χ0n) is 19.7. The average Bonchev–Trinajstić information content (AvgIpc) is 3.58. The minimum atomic E-state index is 0.975. The Hall–Kier alpha value is -4.83. The van der Waals surface area contributed by atoms with Gasteiger partial charge in [-0.15, -0.1) is 0 Å². The van der Waals surface area contributed by atoms with Crippen molar-refractivity contribution in [3.63, 3.8) is 0 Å². The highest BCUT2D eigenvalue weighted by Crippen LogP contribution is 2.40.